The number of carboxylic acid groups (broad SMARTS) is 3. The molecule has 53 nitrogen and oxygen atoms in total. The average Bonchev–Trinajstić information content (AvgIpc) is 0.860. The number of phenolic OH excluding ortho intramolecular Hbond substituents is 1. The normalized spacial score (nSPS) is 15.1. The number of primary amides is 2. The smallest absolute Gasteiger partial charge is 0.326 e. The van der Waals surface area contributed by atoms with E-state index in [1.54, 1.807) is 13.8 Å². The van der Waals surface area contributed by atoms with Crippen LogP contribution < -0.4 is 125 Å². The summed E-state index contributed by atoms with van der Waals surface area (Å²) in [5, 5.41) is 144. The molecule has 722 valence electrons. The summed E-state index contributed by atoms with van der Waals surface area (Å²) in [5.41, 5.74) is 33.4. The molecular formula is C77H122N26O27. The van der Waals surface area contributed by atoms with Crippen LogP contribution in [0.5, 0.6) is 5.75 Å². The zero-order valence-corrected chi connectivity index (χ0v) is 72.2. The molecule has 18 atom stereocenters. The number of carbonyl (C=O) groups is 19. The van der Waals surface area contributed by atoms with E-state index in [1.807, 2.05) is 10.6 Å². The molecule has 0 saturated carbocycles. The van der Waals surface area contributed by atoms with Gasteiger partial charge in [-0.1, -0.05) is 56.3 Å². The van der Waals surface area contributed by atoms with Crippen molar-refractivity contribution in [1.29, 1.82) is 16.2 Å². The van der Waals surface area contributed by atoms with Gasteiger partial charge in [0.05, 0.1) is 44.2 Å². The maximum absolute atomic E-state index is 14.5. The van der Waals surface area contributed by atoms with E-state index < -0.39 is 304 Å². The van der Waals surface area contributed by atoms with E-state index >= 15 is 0 Å². The van der Waals surface area contributed by atoms with Crippen molar-refractivity contribution in [3.05, 3.63) is 65.7 Å². The number of phenols is 1. The topological polar surface area (TPSA) is 918 Å². The monoisotopic (exact) mass is 1840 g/mol. The first kappa shape index (κ1) is 112. The number of benzene rings is 2. The zero-order valence-electron chi connectivity index (χ0n) is 72.2. The van der Waals surface area contributed by atoms with Crippen molar-refractivity contribution in [1.82, 2.24) is 90.4 Å². The Morgan fingerprint density at radius 3 is 1.02 bits per heavy atom. The number of nitrogens with one attached hydrogen (secondary N) is 20. The Morgan fingerprint density at radius 2 is 0.662 bits per heavy atom. The van der Waals surface area contributed by atoms with Gasteiger partial charge in [-0.3, -0.25) is 103 Å². The first-order valence-electron chi connectivity index (χ1n) is 40.8. The van der Waals surface area contributed by atoms with Gasteiger partial charge in [0.2, 0.25) is 94.5 Å². The van der Waals surface area contributed by atoms with Gasteiger partial charge in [-0.25, -0.2) is 4.79 Å². The van der Waals surface area contributed by atoms with Crippen molar-refractivity contribution in [3.8, 4) is 5.75 Å². The van der Waals surface area contributed by atoms with E-state index in [0.717, 1.165) is 13.8 Å². The number of carboxylic acids is 3. The third-order valence-electron chi connectivity index (χ3n) is 19.0. The fourth-order valence-corrected chi connectivity index (χ4v) is 12.1. The fraction of sp³-hybridized carbons (Fsp3) is 0.558. The zero-order chi connectivity index (χ0) is 98.5. The third kappa shape index (κ3) is 42.8. The molecule has 0 unspecified atom stereocenters. The molecule has 0 heterocycles. The van der Waals surface area contributed by atoms with Crippen LogP contribution in [0.1, 0.15) is 130 Å². The van der Waals surface area contributed by atoms with E-state index in [-0.39, 0.29) is 74.5 Å². The van der Waals surface area contributed by atoms with Gasteiger partial charge in [-0.05, 0) is 108 Å². The molecule has 0 bridgehead atoms. The molecule has 0 aliphatic rings. The van der Waals surface area contributed by atoms with Crippen LogP contribution >= 0.6 is 0 Å². The number of guanidine groups is 3. The van der Waals surface area contributed by atoms with Gasteiger partial charge in [0.15, 0.2) is 17.9 Å². The van der Waals surface area contributed by atoms with Crippen molar-refractivity contribution in [2.24, 2.45) is 40.3 Å². The highest BCUT2D eigenvalue weighted by Crippen LogP contribution is 2.16. The minimum atomic E-state index is -2.29. The third-order valence-corrected chi connectivity index (χ3v) is 19.0. The minimum Gasteiger partial charge on any atom is -0.508 e. The fourth-order valence-electron chi connectivity index (χ4n) is 12.1. The number of aliphatic hydroxyl groups is 4. The van der Waals surface area contributed by atoms with E-state index in [0.29, 0.717) is 0 Å². The first-order valence-corrected chi connectivity index (χ1v) is 40.8. The molecule has 53 heteroatoms. The molecular weight excluding hydrogens is 1720 g/mol. The Hall–Kier alpha value is -14.2. The summed E-state index contributed by atoms with van der Waals surface area (Å²) in [5.74, 6) is -27.4. The van der Waals surface area contributed by atoms with E-state index in [4.69, 9.17) is 50.6 Å². The second kappa shape index (κ2) is 56.8. The molecule has 0 radical (unpaired) electrons. The Kier molecular flexibility index (Phi) is 48.8. The molecule has 2 aromatic rings. The summed E-state index contributed by atoms with van der Waals surface area (Å²) in [6.07, 6.45) is -12.6. The maximum atomic E-state index is 14.5. The van der Waals surface area contributed by atoms with Crippen molar-refractivity contribution in [2.75, 3.05) is 26.2 Å². The van der Waals surface area contributed by atoms with Crippen molar-refractivity contribution >= 4 is 130 Å². The van der Waals surface area contributed by atoms with E-state index in [2.05, 4.69) is 79.8 Å². The summed E-state index contributed by atoms with van der Waals surface area (Å²) in [6, 6.07) is -15.7. The number of carbonyl (C=O) groups excluding carboxylic acids is 16. The maximum Gasteiger partial charge on any atom is 0.326 e. The molecule has 0 aliphatic carbocycles. The van der Waals surface area contributed by atoms with Crippen LogP contribution in [-0.2, 0) is 104 Å². The Morgan fingerprint density at radius 1 is 0.346 bits per heavy atom. The summed E-state index contributed by atoms with van der Waals surface area (Å²) in [7, 11) is 0. The molecule has 0 saturated heterocycles. The largest absolute Gasteiger partial charge is 0.508 e. The van der Waals surface area contributed by atoms with Crippen LogP contribution in [0.4, 0.5) is 0 Å². The highest BCUT2D eigenvalue weighted by molar-refractivity contribution is 6.02. The molecule has 2 aromatic carbocycles. The van der Waals surface area contributed by atoms with Crippen LogP contribution in [0.2, 0.25) is 0 Å². The number of aliphatic hydroxyl groups excluding tert-OH is 4. The number of aliphatic carboxylic acids is 3. The van der Waals surface area contributed by atoms with Gasteiger partial charge in [0.25, 0.3) is 0 Å². The number of rotatable bonds is 60. The van der Waals surface area contributed by atoms with Gasteiger partial charge >= 0.3 is 17.9 Å². The Bertz CT molecular complexity index is 4280. The Labute approximate surface area is 744 Å². The highest BCUT2D eigenvalue weighted by Gasteiger charge is 2.41. The predicted octanol–water partition coefficient (Wildman–Crippen LogP) is -12.5. The molecule has 16 amide bonds. The van der Waals surface area contributed by atoms with Gasteiger partial charge in [-0.15, -0.1) is 0 Å². The first-order chi connectivity index (χ1) is 60.8. The van der Waals surface area contributed by atoms with Gasteiger partial charge < -0.3 is 166 Å². The van der Waals surface area contributed by atoms with Crippen molar-refractivity contribution in [3.63, 3.8) is 0 Å². The molecule has 0 spiro atoms. The standard InChI is InChI=1S/C77H122N26O27/c1-34(2)27-51(74(129)130)100-63(118)43(16-11-25-88-76(83)84)91-64(119)45(22-23-53(78)109)93-61(116)44(17-12-26-89-77(85)86)94-72(127)58(37(5)106)103-73(128)59(38(6)107)102-69(124)50(32-56(113)114)99-66(121)47(28-39-13-8-7-9-14-39)96-70(125)52(33-104)101-68(123)49(31-55(111)112)98-62(117)42(15-10-24-87-75(81)82)92-67(122)48(30-54(79)110)97-65(120)46(29-40-18-20-41(108)21-19-40)95-60(115)35(3)90-71(126)57(80)36(4)105/h7-9,13-14,18-21,34-38,42-52,57-59,104-108H,10-12,15-17,22-33,80H2,1-6H3,(H2,78,109)(H2,79,110)(H,90,126)(H,91,119)(H,92,122)(H,93,116)(H,94,127)(H,95,115)(H,96,125)(H,97,120)(H,98,117)(H,99,121)(H,100,118)(H,101,123)(H,102,124)(H,103,128)(H,111,112)(H,113,114)(H,129,130)(H4,81,82,87)(H4,83,84,88)(H4,85,86,89)/t35-,36+,37+,38+,42-,43-,44-,45-,46-,47-,48-,49-,50-,51-,52-,57-,58-,59-/m0/s1. The average molecular weight is 1840 g/mol. The highest BCUT2D eigenvalue weighted by atomic mass is 16.4. The lowest BCUT2D eigenvalue weighted by Gasteiger charge is -2.29. The van der Waals surface area contributed by atoms with Crippen LogP contribution in [0.25, 0.3) is 0 Å². The minimum absolute atomic E-state index is 0.0144. The van der Waals surface area contributed by atoms with E-state index in [1.165, 1.54) is 68.4 Å². The van der Waals surface area contributed by atoms with Crippen LogP contribution in [0, 0.1) is 22.1 Å². The predicted molar refractivity (Wildman–Crippen MR) is 456 cm³/mol. The molecule has 130 heavy (non-hydrogen) atoms. The van der Waals surface area contributed by atoms with Gasteiger partial charge in [0.1, 0.15) is 96.4 Å². The second-order valence-electron chi connectivity index (χ2n) is 30.7. The Balaban J connectivity index is 2.60. The SMILES string of the molecule is CC(C)C[C@H](NC(=O)[C@H](CCCNC(=N)N)NC(=O)[C@H](CCC(N)=O)NC(=O)[C@H](CCCNC(=N)N)NC(=O)[C@@H](NC(=O)[C@@H](NC(=O)[C@H](CC(=O)O)NC(=O)[C@H](Cc1ccccc1)NC(=O)[C@H](CO)NC(=O)[C@H](CC(=O)O)NC(=O)[C@H](CCCNC(=N)N)NC(=O)[C@H](CC(N)=O)NC(=O)[C@H](Cc1ccc(O)cc1)NC(=O)[C@H](C)NC(=O)[C@@H](N)[C@@H](C)O)[C@@H](C)O)[C@@H](C)O)C(=O)O. The van der Waals surface area contributed by atoms with Gasteiger partial charge in [-0.2, -0.15) is 0 Å². The summed E-state index contributed by atoms with van der Waals surface area (Å²) < 4.78 is 0. The van der Waals surface area contributed by atoms with Crippen LogP contribution in [0.15, 0.2) is 54.6 Å². The second-order valence-corrected chi connectivity index (χ2v) is 30.7. The lowest BCUT2D eigenvalue weighted by atomic mass is 10.0. The number of amides is 16. The quantitative estimate of drug-likeness (QED) is 0.0166. The van der Waals surface area contributed by atoms with Crippen LogP contribution in [-0.4, -0.2) is 306 Å². The van der Waals surface area contributed by atoms with Crippen molar-refractivity contribution < 1.29 is 132 Å². The van der Waals surface area contributed by atoms with Gasteiger partial charge in [0, 0.05) is 38.9 Å². The molecule has 2 rings (SSSR count). The molecule has 0 aliphatic heterocycles. The number of hydrogen-bond donors (Lipinski definition) is 34. The number of nitrogens with two attached hydrogens (primary N) is 6. The lowest BCUT2D eigenvalue weighted by Crippen LogP contribution is -2.63. The van der Waals surface area contributed by atoms with E-state index in [9.17, 15) is 132 Å². The molecule has 40 N–H and O–H groups in total. The molecule has 0 fully saturated rings. The number of hydrogen-bond acceptors (Lipinski definition) is 28. The van der Waals surface area contributed by atoms with Crippen LogP contribution in [0.3, 0.4) is 0 Å². The number of aromatic hydroxyl groups is 1. The van der Waals surface area contributed by atoms with Crippen molar-refractivity contribution in [2.45, 2.75) is 240 Å². The summed E-state index contributed by atoms with van der Waals surface area (Å²) in [6.45, 7) is 5.91. The summed E-state index contributed by atoms with van der Waals surface area (Å²) in [4.78, 5) is 259. The summed E-state index contributed by atoms with van der Waals surface area (Å²) >= 11 is 0. The molecule has 0 aromatic heterocycles. The lowest BCUT2D eigenvalue weighted by molar-refractivity contribution is -0.143.